The number of carbonyl (C=O) groups is 1. The zero-order valence-electron chi connectivity index (χ0n) is 11.9. The van der Waals surface area contributed by atoms with E-state index in [1.807, 2.05) is 7.05 Å². The van der Waals surface area contributed by atoms with Crippen molar-refractivity contribution in [3.63, 3.8) is 0 Å². The summed E-state index contributed by atoms with van der Waals surface area (Å²) >= 11 is 5.68. The van der Waals surface area contributed by atoms with E-state index in [0.717, 1.165) is 0 Å². The third-order valence-electron chi connectivity index (χ3n) is 3.91. The quantitative estimate of drug-likeness (QED) is 0.806. The van der Waals surface area contributed by atoms with Gasteiger partial charge < -0.3 is 4.90 Å². The highest BCUT2D eigenvalue weighted by molar-refractivity contribution is 6.29. The standard InChI is InChI=1S/C15H17ClFN3O/c1-19-8-6-15(11-18,7-9-19)20(14(21)10-16)13-5-3-2-4-12(13)17/h2-5H,6-10H2,1H3. The Bertz CT molecular complexity index is 564. The first-order valence-corrected chi connectivity index (χ1v) is 7.31. The van der Waals surface area contributed by atoms with Gasteiger partial charge in [-0.2, -0.15) is 5.26 Å². The van der Waals surface area contributed by atoms with Crippen molar-refractivity contribution in [2.45, 2.75) is 18.4 Å². The number of amides is 1. The molecule has 2 rings (SSSR count). The lowest BCUT2D eigenvalue weighted by atomic mass is 9.86. The molecule has 0 saturated carbocycles. The van der Waals surface area contributed by atoms with Gasteiger partial charge in [-0.25, -0.2) is 4.39 Å². The van der Waals surface area contributed by atoms with Crippen LogP contribution in [0.5, 0.6) is 0 Å². The van der Waals surface area contributed by atoms with Crippen molar-refractivity contribution in [2.24, 2.45) is 0 Å². The van der Waals surface area contributed by atoms with Crippen LogP contribution in [0.3, 0.4) is 0 Å². The van der Waals surface area contributed by atoms with E-state index in [9.17, 15) is 14.4 Å². The van der Waals surface area contributed by atoms with Crippen LogP contribution in [0.4, 0.5) is 10.1 Å². The fourth-order valence-corrected chi connectivity index (χ4v) is 2.79. The Balaban J connectivity index is 2.48. The lowest BCUT2D eigenvalue weighted by Gasteiger charge is -2.43. The van der Waals surface area contributed by atoms with Gasteiger partial charge in [0.05, 0.1) is 11.8 Å². The fourth-order valence-electron chi connectivity index (χ4n) is 2.67. The van der Waals surface area contributed by atoms with Gasteiger partial charge in [-0.05, 0) is 32.0 Å². The van der Waals surface area contributed by atoms with Gasteiger partial charge in [0.15, 0.2) is 0 Å². The minimum atomic E-state index is -1.04. The number of halogens is 2. The second-order valence-electron chi connectivity index (χ2n) is 5.26. The van der Waals surface area contributed by atoms with E-state index in [4.69, 9.17) is 11.6 Å². The molecule has 1 aliphatic heterocycles. The topological polar surface area (TPSA) is 47.3 Å². The maximum atomic E-state index is 14.1. The molecule has 1 fully saturated rings. The van der Waals surface area contributed by atoms with Crippen molar-refractivity contribution in [1.29, 1.82) is 5.26 Å². The largest absolute Gasteiger partial charge is 0.306 e. The van der Waals surface area contributed by atoms with Crippen LogP contribution in [0.15, 0.2) is 24.3 Å². The molecule has 0 radical (unpaired) electrons. The van der Waals surface area contributed by atoms with Gasteiger partial charge in [0, 0.05) is 13.1 Å². The third kappa shape index (κ3) is 3.02. The van der Waals surface area contributed by atoms with Crippen LogP contribution in [-0.2, 0) is 4.79 Å². The number of hydrogen-bond donors (Lipinski definition) is 0. The minimum Gasteiger partial charge on any atom is -0.306 e. The first kappa shape index (κ1) is 15.7. The Hall–Kier alpha value is -1.64. The van der Waals surface area contributed by atoms with Crippen molar-refractivity contribution in [2.75, 3.05) is 30.9 Å². The normalized spacial score (nSPS) is 18.0. The van der Waals surface area contributed by atoms with Gasteiger partial charge in [-0.15, -0.1) is 11.6 Å². The van der Waals surface area contributed by atoms with E-state index in [0.29, 0.717) is 25.9 Å². The van der Waals surface area contributed by atoms with Crippen LogP contribution in [0.25, 0.3) is 0 Å². The molecule has 1 aromatic carbocycles. The molecule has 1 aliphatic rings. The zero-order valence-corrected chi connectivity index (χ0v) is 12.6. The summed E-state index contributed by atoms with van der Waals surface area (Å²) in [7, 11) is 1.96. The van der Waals surface area contributed by atoms with Gasteiger partial charge in [0.1, 0.15) is 17.2 Å². The van der Waals surface area contributed by atoms with Crippen LogP contribution >= 0.6 is 11.6 Å². The maximum Gasteiger partial charge on any atom is 0.243 e. The zero-order chi connectivity index (χ0) is 15.5. The van der Waals surface area contributed by atoms with Gasteiger partial charge in [-0.3, -0.25) is 9.69 Å². The number of carbonyl (C=O) groups excluding carboxylic acids is 1. The predicted octanol–water partition coefficient (Wildman–Crippen LogP) is 2.39. The lowest BCUT2D eigenvalue weighted by Crippen LogP contribution is -2.57. The molecule has 1 saturated heterocycles. The Kier molecular flexibility index (Phi) is 4.81. The van der Waals surface area contributed by atoms with E-state index in [1.165, 1.54) is 17.0 Å². The van der Waals surface area contributed by atoms with Crippen LogP contribution < -0.4 is 4.90 Å². The van der Waals surface area contributed by atoms with Gasteiger partial charge >= 0.3 is 0 Å². The monoisotopic (exact) mass is 309 g/mol. The molecule has 0 atom stereocenters. The number of alkyl halides is 1. The second kappa shape index (κ2) is 6.42. The van der Waals surface area contributed by atoms with Crippen molar-refractivity contribution in [1.82, 2.24) is 4.90 Å². The molecule has 4 nitrogen and oxygen atoms in total. The summed E-state index contributed by atoms with van der Waals surface area (Å²) in [4.78, 5) is 15.6. The van der Waals surface area contributed by atoms with E-state index in [-0.39, 0.29) is 11.6 Å². The highest BCUT2D eigenvalue weighted by Crippen LogP contribution is 2.34. The van der Waals surface area contributed by atoms with Gasteiger partial charge in [-0.1, -0.05) is 12.1 Å². The summed E-state index contributed by atoms with van der Waals surface area (Å²) in [5, 5.41) is 9.67. The smallest absolute Gasteiger partial charge is 0.243 e. The summed E-state index contributed by atoms with van der Waals surface area (Å²) in [5.41, 5.74) is -0.921. The van der Waals surface area contributed by atoms with Crippen LogP contribution in [-0.4, -0.2) is 42.4 Å². The molecular weight excluding hydrogens is 293 g/mol. The summed E-state index contributed by atoms with van der Waals surface area (Å²) in [6.45, 7) is 1.35. The molecule has 0 aliphatic carbocycles. The number of para-hydroxylation sites is 1. The Morgan fingerprint density at radius 3 is 2.62 bits per heavy atom. The number of likely N-dealkylation sites (tertiary alicyclic amines) is 1. The predicted molar refractivity (Wildman–Crippen MR) is 79.7 cm³/mol. The van der Waals surface area contributed by atoms with Gasteiger partial charge in [0.25, 0.3) is 0 Å². The molecular formula is C15H17ClFN3O. The number of rotatable bonds is 3. The molecule has 1 amide bonds. The highest BCUT2D eigenvalue weighted by atomic mass is 35.5. The molecule has 0 N–H and O–H groups in total. The number of benzene rings is 1. The van der Waals surface area contributed by atoms with Gasteiger partial charge in [0.2, 0.25) is 5.91 Å². The SMILES string of the molecule is CN1CCC(C#N)(N(C(=O)CCl)c2ccccc2F)CC1. The van der Waals surface area contributed by atoms with Crippen molar-refractivity contribution in [3.8, 4) is 6.07 Å². The Morgan fingerprint density at radius 2 is 2.10 bits per heavy atom. The van der Waals surface area contributed by atoms with Crippen molar-refractivity contribution < 1.29 is 9.18 Å². The first-order chi connectivity index (χ1) is 10.0. The van der Waals surface area contributed by atoms with E-state index >= 15 is 0 Å². The van der Waals surface area contributed by atoms with Crippen LogP contribution in [0, 0.1) is 17.1 Å². The Labute approximate surface area is 128 Å². The van der Waals surface area contributed by atoms with Crippen LogP contribution in [0.2, 0.25) is 0 Å². The second-order valence-corrected chi connectivity index (χ2v) is 5.53. The molecule has 1 aromatic rings. The number of nitriles is 1. The molecule has 6 heteroatoms. The van der Waals surface area contributed by atoms with E-state index < -0.39 is 17.3 Å². The average Bonchev–Trinajstić information content (AvgIpc) is 2.51. The Morgan fingerprint density at radius 1 is 1.48 bits per heavy atom. The molecule has 112 valence electrons. The summed E-state index contributed by atoms with van der Waals surface area (Å²) in [5.74, 6) is -1.26. The molecule has 21 heavy (non-hydrogen) atoms. The van der Waals surface area contributed by atoms with Crippen molar-refractivity contribution >= 4 is 23.2 Å². The summed E-state index contributed by atoms with van der Waals surface area (Å²) < 4.78 is 14.1. The summed E-state index contributed by atoms with van der Waals surface area (Å²) in [6.07, 6.45) is 0.938. The lowest BCUT2D eigenvalue weighted by molar-refractivity contribution is -0.117. The third-order valence-corrected chi connectivity index (χ3v) is 4.14. The average molecular weight is 310 g/mol. The number of hydrogen-bond acceptors (Lipinski definition) is 3. The number of nitrogens with zero attached hydrogens (tertiary/aromatic N) is 3. The molecule has 0 aromatic heterocycles. The highest BCUT2D eigenvalue weighted by Gasteiger charge is 2.43. The minimum absolute atomic E-state index is 0.120. The number of anilines is 1. The van der Waals surface area contributed by atoms with Crippen molar-refractivity contribution in [3.05, 3.63) is 30.1 Å². The molecule has 0 bridgehead atoms. The number of piperidine rings is 1. The fraction of sp³-hybridized carbons (Fsp3) is 0.467. The molecule has 0 spiro atoms. The maximum absolute atomic E-state index is 14.1. The molecule has 1 heterocycles. The van der Waals surface area contributed by atoms with E-state index in [2.05, 4.69) is 11.0 Å². The summed E-state index contributed by atoms with van der Waals surface area (Å²) in [6, 6.07) is 8.22. The van der Waals surface area contributed by atoms with Crippen LogP contribution in [0.1, 0.15) is 12.8 Å². The first-order valence-electron chi connectivity index (χ1n) is 6.77. The van der Waals surface area contributed by atoms with E-state index in [1.54, 1.807) is 12.1 Å². The molecule has 0 unspecified atom stereocenters.